The Morgan fingerprint density at radius 1 is 1.18 bits per heavy atom. The van der Waals surface area contributed by atoms with Crippen molar-refractivity contribution in [2.45, 2.75) is 27.7 Å². The molecule has 0 radical (unpaired) electrons. The lowest BCUT2D eigenvalue weighted by atomic mass is 10.1. The summed E-state index contributed by atoms with van der Waals surface area (Å²) in [6.07, 6.45) is 0. The lowest BCUT2D eigenvalue weighted by Gasteiger charge is -2.10. The van der Waals surface area contributed by atoms with E-state index in [-0.39, 0.29) is 12.5 Å². The summed E-state index contributed by atoms with van der Waals surface area (Å²) >= 11 is 0. The average molecular weight is 301 g/mol. The van der Waals surface area contributed by atoms with Crippen LogP contribution in [0.25, 0.3) is 0 Å². The minimum Gasteiger partial charge on any atom is -0.466 e. The van der Waals surface area contributed by atoms with E-state index in [9.17, 15) is 9.59 Å². The highest BCUT2D eigenvalue weighted by molar-refractivity contribution is 5.96. The van der Waals surface area contributed by atoms with Gasteiger partial charge in [0.05, 0.1) is 0 Å². The molecule has 22 heavy (non-hydrogen) atoms. The van der Waals surface area contributed by atoms with Crippen LogP contribution in [0, 0.1) is 27.7 Å². The fourth-order valence-corrected chi connectivity index (χ4v) is 2.12. The lowest BCUT2D eigenvalue weighted by molar-refractivity contribution is -0.119. The van der Waals surface area contributed by atoms with Crippen molar-refractivity contribution in [1.82, 2.24) is 0 Å². The Kier molecular flexibility index (Phi) is 4.65. The number of rotatable bonds is 4. The van der Waals surface area contributed by atoms with Crippen LogP contribution < -0.4 is 5.32 Å². The van der Waals surface area contributed by atoms with Crippen LogP contribution in [0.4, 0.5) is 5.69 Å². The van der Waals surface area contributed by atoms with Gasteiger partial charge in [-0.2, -0.15) is 0 Å². The Morgan fingerprint density at radius 3 is 2.55 bits per heavy atom. The van der Waals surface area contributed by atoms with Crippen molar-refractivity contribution in [2.24, 2.45) is 0 Å². The van der Waals surface area contributed by atoms with Crippen molar-refractivity contribution in [1.29, 1.82) is 0 Å². The molecule has 5 nitrogen and oxygen atoms in total. The first kappa shape index (κ1) is 15.8. The third kappa shape index (κ3) is 3.55. The summed E-state index contributed by atoms with van der Waals surface area (Å²) in [4.78, 5) is 23.8. The number of benzene rings is 1. The van der Waals surface area contributed by atoms with Gasteiger partial charge in [0.2, 0.25) is 0 Å². The van der Waals surface area contributed by atoms with Gasteiger partial charge >= 0.3 is 5.97 Å². The molecule has 0 spiro atoms. The van der Waals surface area contributed by atoms with E-state index in [2.05, 4.69) is 5.32 Å². The minimum atomic E-state index is -0.564. The second-order valence-electron chi connectivity index (χ2n) is 5.20. The van der Waals surface area contributed by atoms with Gasteiger partial charge in [0.25, 0.3) is 5.91 Å². The second kappa shape index (κ2) is 6.47. The Morgan fingerprint density at radius 2 is 1.91 bits per heavy atom. The van der Waals surface area contributed by atoms with Crippen molar-refractivity contribution < 1.29 is 18.7 Å². The van der Waals surface area contributed by atoms with Gasteiger partial charge in [-0.15, -0.1) is 0 Å². The van der Waals surface area contributed by atoms with Gasteiger partial charge in [-0.05, 0) is 51.0 Å². The van der Waals surface area contributed by atoms with Gasteiger partial charge < -0.3 is 14.5 Å². The smallest absolute Gasteiger partial charge is 0.342 e. The zero-order valence-corrected chi connectivity index (χ0v) is 13.1. The number of hydrogen-bond acceptors (Lipinski definition) is 4. The molecule has 0 unspecified atom stereocenters. The van der Waals surface area contributed by atoms with Crippen LogP contribution in [0.3, 0.4) is 0 Å². The zero-order valence-electron chi connectivity index (χ0n) is 13.1. The highest BCUT2D eigenvalue weighted by Gasteiger charge is 2.16. The van der Waals surface area contributed by atoms with Gasteiger partial charge in [0.1, 0.15) is 17.1 Å². The minimum absolute atomic E-state index is 0.337. The molecule has 0 fully saturated rings. The molecule has 0 aliphatic heterocycles. The molecular formula is C17H19NO4. The largest absolute Gasteiger partial charge is 0.466 e. The van der Waals surface area contributed by atoms with Crippen LogP contribution in [0.2, 0.25) is 0 Å². The van der Waals surface area contributed by atoms with Crippen molar-refractivity contribution in [3.63, 3.8) is 0 Å². The third-order valence-corrected chi connectivity index (χ3v) is 3.47. The van der Waals surface area contributed by atoms with Gasteiger partial charge in [0.15, 0.2) is 6.61 Å². The second-order valence-corrected chi connectivity index (χ2v) is 5.20. The molecule has 1 amide bonds. The number of aryl methyl sites for hydroxylation is 3. The molecular weight excluding hydrogens is 282 g/mol. The summed E-state index contributed by atoms with van der Waals surface area (Å²) in [6, 6.07) is 7.24. The molecule has 0 aliphatic carbocycles. The molecule has 0 saturated carbocycles. The molecule has 116 valence electrons. The van der Waals surface area contributed by atoms with E-state index in [0.29, 0.717) is 17.1 Å². The highest BCUT2D eigenvalue weighted by Crippen LogP contribution is 2.18. The summed E-state index contributed by atoms with van der Waals surface area (Å²) < 4.78 is 10.3. The van der Waals surface area contributed by atoms with Gasteiger partial charge in [-0.25, -0.2) is 4.79 Å². The molecule has 2 aromatic rings. The standard InChI is InChI=1S/C17H19NO4/c1-10-6-5-7-15(12(10)3)18-16(19)9-21-17(20)14-8-11(2)22-13(14)4/h5-8H,9H2,1-4H3,(H,18,19). The van der Waals surface area contributed by atoms with E-state index in [4.69, 9.17) is 9.15 Å². The van der Waals surface area contributed by atoms with Crippen molar-refractivity contribution >= 4 is 17.6 Å². The monoisotopic (exact) mass is 301 g/mol. The van der Waals surface area contributed by atoms with E-state index in [1.54, 1.807) is 19.9 Å². The number of carbonyl (C=O) groups excluding carboxylic acids is 2. The van der Waals surface area contributed by atoms with Crippen LogP contribution >= 0.6 is 0 Å². The number of carbonyl (C=O) groups is 2. The maximum absolute atomic E-state index is 11.9. The lowest BCUT2D eigenvalue weighted by Crippen LogP contribution is -2.21. The van der Waals surface area contributed by atoms with Crippen LogP contribution in [0.15, 0.2) is 28.7 Å². The Bertz CT molecular complexity index is 715. The summed E-state index contributed by atoms with van der Waals surface area (Å²) in [5.74, 6) is 0.173. The molecule has 0 bridgehead atoms. The normalized spacial score (nSPS) is 10.4. The number of nitrogens with one attached hydrogen (secondary N) is 1. The maximum Gasteiger partial charge on any atom is 0.342 e. The number of ether oxygens (including phenoxy) is 1. The van der Waals surface area contributed by atoms with E-state index in [0.717, 1.165) is 16.8 Å². The number of amides is 1. The Hall–Kier alpha value is -2.56. The topological polar surface area (TPSA) is 68.5 Å². The summed E-state index contributed by atoms with van der Waals surface area (Å²) in [5.41, 5.74) is 3.14. The fraction of sp³-hybridized carbons (Fsp3) is 0.294. The first-order valence-corrected chi connectivity index (χ1v) is 6.98. The van der Waals surface area contributed by atoms with Gasteiger partial charge in [-0.3, -0.25) is 4.79 Å². The summed E-state index contributed by atoms with van der Waals surface area (Å²) in [5, 5.41) is 2.74. The van der Waals surface area contributed by atoms with Crippen molar-refractivity contribution in [2.75, 3.05) is 11.9 Å². The fourth-order valence-electron chi connectivity index (χ4n) is 2.12. The van der Waals surface area contributed by atoms with Crippen LogP contribution in [-0.2, 0) is 9.53 Å². The average Bonchev–Trinajstić information content (AvgIpc) is 2.80. The van der Waals surface area contributed by atoms with Crippen molar-refractivity contribution in [3.05, 3.63) is 52.5 Å². The molecule has 0 saturated heterocycles. The summed E-state index contributed by atoms with van der Waals surface area (Å²) in [7, 11) is 0. The van der Waals surface area contributed by atoms with E-state index in [1.807, 2.05) is 32.0 Å². The first-order chi connectivity index (χ1) is 10.4. The van der Waals surface area contributed by atoms with Crippen molar-refractivity contribution in [3.8, 4) is 0 Å². The maximum atomic E-state index is 11.9. The first-order valence-electron chi connectivity index (χ1n) is 6.98. The van der Waals surface area contributed by atoms with Crippen LogP contribution in [0.5, 0.6) is 0 Å². The Labute approximate surface area is 129 Å². The van der Waals surface area contributed by atoms with E-state index < -0.39 is 5.97 Å². The van der Waals surface area contributed by atoms with Gasteiger partial charge in [-0.1, -0.05) is 12.1 Å². The predicted octanol–water partition coefficient (Wildman–Crippen LogP) is 3.31. The van der Waals surface area contributed by atoms with E-state index in [1.165, 1.54) is 0 Å². The SMILES string of the molecule is Cc1cc(C(=O)OCC(=O)Nc2cccc(C)c2C)c(C)o1. The summed E-state index contributed by atoms with van der Waals surface area (Å²) in [6.45, 7) is 6.98. The molecule has 1 N–H and O–H groups in total. The molecule has 2 rings (SSSR count). The third-order valence-electron chi connectivity index (χ3n) is 3.47. The molecule has 5 heteroatoms. The molecule has 1 aromatic carbocycles. The highest BCUT2D eigenvalue weighted by atomic mass is 16.5. The molecule has 0 atom stereocenters. The van der Waals surface area contributed by atoms with Crippen LogP contribution in [0.1, 0.15) is 33.0 Å². The predicted molar refractivity (Wildman–Crippen MR) is 83.0 cm³/mol. The Balaban J connectivity index is 1.94. The molecule has 1 aromatic heterocycles. The molecule has 0 aliphatic rings. The quantitative estimate of drug-likeness (QED) is 0.880. The number of anilines is 1. The zero-order chi connectivity index (χ0) is 16.3. The van der Waals surface area contributed by atoms with Gasteiger partial charge in [0, 0.05) is 5.69 Å². The van der Waals surface area contributed by atoms with E-state index >= 15 is 0 Å². The number of furan rings is 1. The number of esters is 1. The number of hydrogen-bond donors (Lipinski definition) is 1. The molecule has 1 heterocycles. The van der Waals surface area contributed by atoms with Crippen LogP contribution in [-0.4, -0.2) is 18.5 Å².